The number of carbonyl (C=O) groups is 2. The summed E-state index contributed by atoms with van der Waals surface area (Å²) < 4.78 is 30.7. The molecule has 0 saturated heterocycles. The van der Waals surface area contributed by atoms with Crippen molar-refractivity contribution < 1.29 is 27.3 Å². The summed E-state index contributed by atoms with van der Waals surface area (Å²) in [6.07, 6.45) is 3.02. The highest BCUT2D eigenvalue weighted by Crippen LogP contribution is 2.09. The van der Waals surface area contributed by atoms with Gasteiger partial charge in [0.05, 0.1) is 11.5 Å². The van der Waals surface area contributed by atoms with Gasteiger partial charge in [-0.25, -0.2) is 13.2 Å². The summed E-state index contributed by atoms with van der Waals surface area (Å²) in [6.45, 7) is 3.75. The lowest BCUT2D eigenvalue weighted by molar-refractivity contribution is -0.686. The summed E-state index contributed by atoms with van der Waals surface area (Å²) in [5, 5.41) is 0. The zero-order valence-electron chi connectivity index (χ0n) is 14.4. The molecule has 0 aliphatic carbocycles. The SMILES string of the molecule is CCOC(=O)C[n+]1cccc(C(=O)NNS(=O)(=O)c2ccc(C)cc2)c1. The number of amides is 1. The second-order valence-corrected chi connectivity index (χ2v) is 7.13. The number of hydrogen-bond donors (Lipinski definition) is 2. The van der Waals surface area contributed by atoms with Crippen LogP contribution in [0, 0.1) is 6.92 Å². The number of esters is 1. The van der Waals surface area contributed by atoms with Gasteiger partial charge in [0.15, 0.2) is 12.4 Å². The number of nitrogens with one attached hydrogen (secondary N) is 2. The van der Waals surface area contributed by atoms with E-state index in [0.29, 0.717) is 0 Å². The lowest BCUT2D eigenvalue weighted by Crippen LogP contribution is -2.43. The van der Waals surface area contributed by atoms with Crippen molar-refractivity contribution in [3.8, 4) is 0 Å². The van der Waals surface area contributed by atoms with Crippen LogP contribution in [0.4, 0.5) is 0 Å². The van der Waals surface area contributed by atoms with Gasteiger partial charge in [-0.2, -0.15) is 4.57 Å². The number of hydrogen-bond acceptors (Lipinski definition) is 5. The third-order valence-electron chi connectivity index (χ3n) is 3.37. The standard InChI is InChI=1S/C17H19N3O5S/c1-3-25-16(21)12-20-10-4-5-14(11-20)17(22)18-19-26(23,24)15-8-6-13(2)7-9-15/h4-11,19H,3,12H2,1-2H3/p+1. The molecule has 0 aliphatic rings. The van der Waals surface area contributed by atoms with Crippen LogP contribution in [-0.2, 0) is 26.1 Å². The van der Waals surface area contributed by atoms with Crippen molar-refractivity contribution in [2.45, 2.75) is 25.3 Å². The first-order chi connectivity index (χ1) is 12.3. The first kappa shape index (κ1) is 19.5. The smallest absolute Gasteiger partial charge is 0.372 e. The van der Waals surface area contributed by atoms with Gasteiger partial charge < -0.3 is 4.74 Å². The van der Waals surface area contributed by atoms with Crippen molar-refractivity contribution in [3.05, 3.63) is 59.9 Å². The van der Waals surface area contributed by atoms with E-state index in [1.807, 2.05) is 11.8 Å². The molecule has 8 nitrogen and oxygen atoms in total. The molecule has 0 spiro atoms. The number of sulfonamides is 1. The molecule has 1 aromatic carbocycles. The number of nitrogens with zero attached hydrogens (tertiary/aromatic N) is 1. The number of pyridine rings is 1. The molecule has 0 bridgehead atoms. The minimum Gasteiger partial charge on any atom is -0.461 e. The van der Waals surface area contributed by atoms with Crippen LogP contribution in [0.15, 0.2) is 53.7 Å². The number of rotatable bonds is 7. The monoisotopic (exact) mass is 378 g/mol. The molecule has 1 amide bonds. The van der Waals surface area contributed by atoms with E-state index in [1.165, 1.54) is 29.0 Å². The number of ether oxygens (including phenoxy) is 1. The summed E-state index contributed by atoms with van der Waals surface area (Å²) in [7, 11) is -3.88. The normalized spacial score (nSPS) is 11.0. The number of carbonyl (C=O) groups excluding carboxylic acids is 2. The molecule has 0 aliphatic heterocycles. The molecule has 9 heteroatoms. The Hall–Kier alpha value is -2.78. The largest absolute Gasteiger partial charge is 0.461 e. The van der Waals surface area contributed by atoms with Gasteiger partial charge in [-0.05, 0) is 32.0 Å². The average molecular weight is 378 g/mol. The van der Waals surface area contributed by atoms with Crippen molar-refractivity contribution in [2.24, 2.45) is 0 Å². The van der Waals surface area contributed by atoms with Crippen molar-refractivity contribution in [3.63, 3.8) is 0 Å². The van der Waals surface area contributed by atoms with Gasteiger partial charge in [-0.1, -0.05) is 17.7 Å². The van der Waals surface area contributed by atoms with Crippen molar-refractivity contribution >= 4 is 21.9 Å². The van der Waals surface area contributed by atoms with Gasteiger partial charge in [0.25, 0.3) is 15.9 Å². The van der Waals surface area contributed by atoms with Crippen LogP contribution in [0.2, 0.25) is 0 Å². The summed E-state index contributed by atoms with van der Waals surface area (Å²) in [4.78, 5) is 25.8. The predicted octanol–water partition coefficient (Wildman–Crippen LogP) is 0.469. The molecule has 0 radical (unpaired) electrons. The molecule has 1 aromatic heterocycles. The summed E-state index contributed by atoms with van der Waals surface area (Å²) >= 11 is 0. The number of aromatic nitrogens is 1. The Kier molecular flexibility index (Phi) is 6.42. The van der Waals surface area contributed by atoms with Gasteiger partial charge in [-0.15, -0.1) is 4.83 Å². The second kappa shape index (κ2) is 8.54. The minimum absolute atomic E-state index is 0.0360. The Bertz CT molecular complexity index is 895. The molecule has 2 rings (SSSR count). The van der Waals surface area contributed by atoms with Gasteiger partial charge in [0.1, 0.15) is 5.56 Å². The van der Waals surface area contributed by atoms with E-state index >= 15 is 0 Å². The first-order valence-electron chi connectivity index (χ1n) is 7.85. The highest BCUT2D eigenvalue weighted by atomic mass is 32.2. The van der Waals surface area contributed by atoms with Crippen LogP contribution in [0.3, 0.4) is 0 Å². The fourth-order valence-electron chi connectivity index (χ4n) is 2.07. The maximum atomic E-state index is 12.2. The molecule has 0 fully saturated rings. The van der Waals surface area contributed by atoms with Crippen LogP contribution in [0.1, 0.15) is 22.8 Å². The maximum Gasteiger partial charge on any atom is 0.372 e. The molecule has 1 heterocycles. The van der Waals surface area contributed by atoms with E-state index < -0.39 is 21.9 Å². The van der Waals surface area contributed by atoms with Crippen molar-refractivity contribution in [1.82, 2.24) is 10.3 Å². The molecule has 2 N–H and O–H groups in total. The van der Waals surface area contributed by atoms with Crippen LogP contribution in [-0.4, -0.2) is 26.9 Å². The third kappa shape index (κ3) is 5.36. The van der Waals surface area contributed by atoms with Gasteiger partial charge >= 0.3 is 5.97 Å². The first-order valence-corrected chi connectivity index (χ1v) is 9.33. The number of aryl methyl sites for hydroxylation is 1. The predicted molar refractivity (Wildman–Crippen MR) is 92.2 cm³/mol. The molecule has 0 atom stereocenters. The van der Waals surface area contributed by atoms with Crippen LogP contribution in [0.5, 0.6) is 0 Å². The Balaban J connectivity index is 2.03. The Morgan fingerprint density at radius 3 is 2.50 bits per heavy atom. The molecule has 26 heavy (non-hydrogen) atoms. The van der Waals surface area contributed by atoms with Crippen molar-refractivity contribution in [2.75, 3.05) is 6.61 Å². The van der Waals surface area contributed by atoms with Crippen LogP contribution in [0.25, 0.3) is 0 Å². The lowest BCUT2D eigenvalue weighted by atomic mass is 10.2. The van der Waals surface area contributed by atoms with E-state index in [0.717, 1.165) is 5.56 Å². The minimum atomic E-state index is -3.88. The van der Waals surface area contributed by atoms with E-state index in [9.17, 15) is 18.0 Å². The lowest BCUT2D eigenvalue weighted by Gasteiger charge is -2.08. The van der Waals surface area contributed by atoms with E-state index in [4.69, 9.17) is 4.74 Å². The highest BCUT2D eigenvalue weighted by molar-refractivity contribution is 7.89. The van der Waals surface area contributed by atoms with Gasteiger partial charge in [-0.3, -0.25) is 10.2 Å². The van der Waals surface area contributed by atoms with Crippen molar-refractivity contribution in [1.29, 1.82) is 0 Å². The molecular weight excluding hydrogens is 358 g/mol. The molecular formula is C17H20N3O5S+. The third-order valence-corrected chi connectivity index (χ3v) is 4.63. The maximum absolute atomic E-state index is 12.2. The topological polar surface area (TPSA) is 105 Å². The fraction of sp³-hybridized carbons (Fsp3) is 0.235. The summed E-state index contributed by atoms with van der Waals surface area (Å²) in [5.41, 5.74) is 3.26. The quantitative estimate of drug-likeness (QED) is 0.414. The Morgan fingerprint density at radius 1 is 1.15 bits per heavy atom. The van der Waals surface area contributed by atoms with E-state index in [1.54, 1.807) is 31.3 Å². The summed E-state index contributed by atoms with van der Waals surface area (Å²) in [5.74, 6) is -1.09. The van der Waals surface area contributed by atoms with Crippen LogP contribution < -0.4 is 14.8 Å². The molecule has 2 aromatic rings. The van der Waals surface area contributed by atoms with E-state index in [-0.39, 0.29) is 23.6 Å². The van der Waals surface area contributed by atoms with Crippen LogP contribution >= 0.6 is 0 Å². The molecule has 0 saturated carbocycles. The molecule has 138 valence electrons. The number of benzene rings is 1. The zero-order chi connectivity index (χ0) is 19.2. The Morgan fingerprint density at radius 2 is 1.85 bits per heavy atom. The average Bonchev–Trinajstić information content (AvgIpc) is 2.60. The number of hydrazine groups is 1. The van der Waals surface area contributed by atoms with Gasteiger partial charge in [0, 0.05) is 6.07 Å². The second-order valence-electron chi connectivity index (χ2n) is 5.44. The van der Waals surface area contributed by atoms with Gasteiger partial charge in [0.2, 0.25) is 6.54 Å². The highest BCUT2D eigenvalue weighted by Gasteiger charge is 2.18. The fourth-order valence-corrected chi connectivity index (χ4v) is 2.91. The van der Waals surface area contributed by atoms with E-state index in [2.05, 4.69) is 5.43 Å². The molecule has 0 unspecified atom stereocenters. The zero-order valence-corrected chi connectivity index (χ0v) is 15.2. The summed E-state index contributed by atoms with van der Waals surface area (Å²) in [6, 6.07) is 9.27. The Labute approximate surface area is 151 Å².